The van der Waals surface area contributed by atoms with Crippen molar-refractivity contribution in [3.63, 3.8) is 0 Å². The van der Waals surface area contributed by atoms with Crippen LogP contribution in [-0.2, 0) is 4.79 Å². The van der Waals surface area contributed by atoms with Crippen molar-refractivity contribution in [1.82, 2.24) is 0 Å². The Labute approximate surface area is 67.7 Å². The van der Waals surface area contributed by atoms with E-state index in [1.165, 1.54) is 19.3 Å². The third-order valence-corrected chi connectivity index (χ3v) is 1.49. The Morgan fingerprint density at radius 3 is 2.18 bits per heavy atom. The van der Waals surface area contributed by atoms with Crippen LogP contribution < -0.4 is 0 Å². The predicted molar refractivity (Wildman–Crippen MR) is 44.6 cm³/mol. The molecule has 0 aromatic heterocycles. The van der Waals surface area contributed by atoms with Gasteiger partial charge in [-0.25, -0.2) is 0 Å². The van der Waals surface area contributed by atoms with Crippen LogP contribution >= 0.6 is 0 Å². The van der Waals surface area contributed by atoms with Gasteiger partial charge in [-0.05, 0) is 6.42 Å². The quantitative estimate of drug-likeness (QED) is 0.603. The fourth-order valence-electron chi connectivity index (χ4n) is 0.880. The zero-order valence-electron chi connectivity index (χ0n) is 7.10. The molecule has 3 heteroatoms. The first kappa shape index (κ1) is 13.1. The van der Waals surface area contributed by atoms with Gasteiger partial charge in [0.1, 0.15) is 0 Å². The van der Waals surface area contributed by atoms with Crippen LogP contribution in [0.25, 0.3) is 0 Å². The molecule has 68 valence electrons. The first-order valence-electron chi connectivity index (χ1n) is 3.99. The van der Waals surface area contributed by atoms with E-state index in [2.05, 4.69) is 6.92 Å². The highest BCUT2D eigenvalue weighted by Gasteiger charge is 1.94. The normalized spacial score (nSPS) is 8.82. The Balaban J connectivity index is 0. The van der Waals surface area contributed by atoms with Gasteiger partial charge in [0.05, 0.1) is 0 Å². The average molecular weight is 162 g/mol. The van der Waals surface area contributed by atoms with Crippen LogP contribution in [0.3, 0.4) is 0 Å². The zero-order chi connectivity index (χ0) is 7.82. The second kappa shape index (κ2) is 9.43. The molecule has 0 saturated heterocycles. The number of hydrogen-bond acceptors (Lipinski definition) is 1. The number of unbranched alkanes of at least 4 members (excludes halogenated alkanes) is 4. The van der Waals surface area contributed by atoms with Gasteiger partial charge in [-0.3, -0.25) is 4.79 Å². The summed E-state index contributed by atoms with van der Waals surface area (Å²) < 4.78 is 0. The van der Waals surface area contributed by atoms with Crippen LogP contribution in [0.2, 0.25) is 0 Å². The molecule has 3 nitrogen and oxygen atoms in total. The fraction of sp³-hybridized carbons (Fsp3) is 0.875. The Morgan fingerprint density at radius 2 is 1.73 bits per heavy atom. The molecule has 0 fully saturated rings. The second-order valence-electron chi connectivity index (χ2n) is 2.56. The predicted octanol–water partition coefficient (Wildman–Crippen LogP) is 1.61. The van der Waals surface area contributed by atoms with E-state index in [1.54, 1.807) is 0 Å². The van der Waals surface area contributed by atoms with E-state index in [1.807, 2.05) is 0 Å². The van der Waals surface area contributed by atoms with Crippen LogP contribution in [0, 0.1) is 0 Å². The molecule has 0 unspecified atom stereocenters. The number of carboxylic acids is 1. The van der Waals surface area contributed by atoms with Crippen LogP contribution in [0.4, 0.5) is 0 Å². The van der Waals surface area contributed by atoms with Crippen molar-refractivity contribution >= 4 is 5.97 Å². The molecule has 0 aliphatic rings. The van der Waals surface area contributed by atoms with E-state index < -0.39 is 5.97 Å². The molecule has 0 saturated carbocycles. The minimum absolute atomic E-state index is 0. The molecule has 0 heterocycles. The molecule has 0 aliphatic carbocycles. The number of carboxylic acid groups (broad SMARTS) is 1. The van der Waals surface area contributed by atoms with Crippen LogP contribution in [0.5, 0.6) is 0 Å². The molecule has 0 aliphatic heterocycles. The molecule has 0 radical (unpaired) electrons. The second-order valence-corrected chi connectivity index (χ2v) is 2.56. The molecular formula is C8H18O3. The highest BCUT2D eigenvalue weighted by atomic mass is 16.4. The van der Waals surface area contributed by atoms with Gasteiger partial charge in [0.2, 0.25) is 0 Å². The SMILES string of the molecule is CCCCCCCC(=O)O.O. The average Bonchev–Trinajstić information content (AvgIpc) is 1.87. The Kier molecular flexibility index (Phi) is 11.2. The van der Waals surface area contributed by atoms with Crippen molar-refractivity contribution in [1.29, 1.82) is 0 Å². The van der Waals surface area contributed by atoms with Gasteiger partial charge in [-0.2, -0.15) is 0 Å². The summed E-state index contributed by atoms with van der Waals surface area (Å²) in [6.07, 6.45) is 5.88. The number of hydrogen-bond donors (Lipinski definition) is 1. The van der Waals surface area contributed by atoms with Crippen molar-refractivity contribution in [3.05, 3.63) is 0 Å². The van der Waals surface area contributed by atoms with Gasteiger partial charge >= 0.3 is 5.97 Å². The Hall–Kier alpha value is -0.570. The molecule has 0 bridgehead atoms. The molecule has 0 aromatic rings. The first-order chi connectivity index (χ1) is 4.77. The lowest BCUT2D eigenvalue weighted by Crippen LogP contribution is -1.93. The Bertz CT molecular complexity index is 91.3. The van der Waals surface area contributed by atoms with E-state index in [9.17, 15) is 4.79 Å². The summed E-state index contributed by atoms with van der Waals surface area (Å²) in [6.45, 7) is 2.15. The summed E-state index contributed by atoms with van der Waals surface area (Å²) in [5.41, 5.74) is 0. The highest BCUT2D eigenvalue weighted by Crippen LogP contribution is 2.04. The fourth-order valence-corrected chi connectivity index (χ4v) is 0.880. The molecule has 11 heavy (non-hydrogen) atoms. The van der Waals surface area contributed by atoms with E-state index >= 15 is 0 Å². The summed E-state index contributed by atoms with van der Waals surface area (Å²) in [5, 5.41) is 8.27. The van der Waals surface area contributed by atoms with Crippen molar-refractivity contribution in [2.45, 2.75) is 45.4 Å². The lowest BCUT2D eigenvalue weighted by atomic mass is 10.1. The topological polar surface area (TPSA) is 68.8 Å². The molecule has 0 rings (SSSR count). The minimum Gasteiger partial charge on any atom is -0.481 e. The molecule has 0 amide bonds. The summed E-state index contributed by atoms with van der Waals surface area (Å²) in [5.74, 6) is -0.670. The maximum atomic E-state index is 10.0. The number of aliphatic carboxylic acids is 1. The molecule has 3 N–H and O–H groups in total. The minimum atomic E-state index is -0.670. The van der Waals surface area contributed by atoms with Gasteiger partial charge < -0.3 is 10.6 Å². The highest BCUT2D eigenvalue weighted by molar-refractivity contribution is 5.66. The van der Waals surface area contributed by atoms with Gasteiger partial charge in [-0.15, -0.1) is 0 Å². The number of carbonyl (C=O) groups is 1. The first-order valence-corrected chi connectivity index (χ1v) is 3.99. The third-order valence-electron chi connectivity index (χ3n) is 1.49. The maximum Gasteiger partial charge on any atom is 0.303 e. The maximum absolute atomic E-state index is 10.0. The summed E-state index contributed by atoms with van der Waals surface area (Å²) in [7, 11) is 0. The molecule has 0 atom stereocenters. The van der Waals surface area contributed by atoms with Crippen LogP contribution in [-0.4, -0.2) is 16.6 Å². The largest absolute Gasteiger partial charge is 0.481 e. The zero-order valence-corrected chi connectivity index (χ0v) is 7.10. The molecular weight excluding hydrogens is 144 g/mol. The van der Waals surface area contributed by atoms with E-state index in [-0.39, 0.29) is 5.48 Å². The van der Waals surface area contributed by atoms with Gasteiger partial charge in [0.25, 0.3) is 0 Å². The smallest absolute Gasteiger partial charge is 0.303 e. The third kappa shape index (κ3) is 12.6. The van der Waals surface area contributed by atoms with Gasteiger partial charge in [0.15, 0.2) is 0 Å². The lowest BCUT2D eigenvalue weighted by molar-refractivity contribution is -0.137. The number of rotatable bonds is 6. The Morgan fingerprint density at radius 1 is 1.18 bits per heavy atom. The van der Waals surface area contributed by atoms with Crippen molar-refractivity contribution in [2.75, 3.05) is 0 Å². The van der Waals surface area contributed by atoms with Crippen LogP contribution in [0.1, 0.15) is 45.4 Å². The summed E-state index contributed by atoms with van der Waals surface area (Å²) in [6, 6.07) is 0. The van der Waals surface area contributed by atoms with Gasteiger partial charge in [0, 0.05) is 6.42 Å². The van der Waals surface area contributed by atoms with E-state index in [0.717, 1.165) is 12.8 Å². The summed E-state index contributed by atoms with van der Waals surface area (Å²) in [4.78, 5) is 10.0. The standard InChI is InChI=1S/C8H16O2.H2O/c1-2-3-4-5-6-7-8(9)10;/h2-7H2,1H3,(H,9,10);1H2. The lowest BCUT2D eigenvalue weighted by Gasteiger charge is -1.95. The van der Waals surface area contributed by atoms with Gasteiger partial charge in [-0.1, -0.05) is 32.6 Å². The molecule has 0 spiro atoms. The monoisotopic (exact) mass is 162 g/mol. The van der Waals surface area contributed by atoms with Crippen molar-refractivity contribution < 1.29 is 15.4 Å². The van der Waals surface area contributed by atoms with E-state index in [4.69, 9.17) is 5.11 Å². The summed E-state index contributed by atoms with van der Waals surface area (Å²) >= 11 is 0. The van der Waals surface area contributed by atoms with Crippen LogP contribution in [0.15, 0.2) is 0 Å². The van der Waals surface area contributed by atoms with Crippen molar-refractivity contribution in [2.24, 2.45) is 0 Å². The van der Waals surface area contributed by atoms with Crippen molar-refractivity contribution in [3.8, 4) is 0 Å². The molecule has 0 aromatic carbocycles. The van der Waals surface area contributed by atoms with E-state index in [0.29, 0.717) is 6.42 Å².